The number of nitrogens with zero attached hydrogens (tertiary/aromatic N) is 2. The Morgan fingerprint density at radius 2 is 1.88 bits per heavy atom. The summed E-state index contributed by atoms with van der Waals surface area (Å²) >= 11 is 1.43. The number of aliphatic hydroxyl groups excluding tert-OH is 1. The number of anilines is 1. The lowest BCUT2D eigenvalue weighted by atomic mass is 10.2. The van der Waals surface area contributed by atoms with Crippen LogP contribution in [0.1, 0.15) is 15.4 Å². The number of carbonyl (C=O) groups is 1. The predicted molar refractivity (Wildman–Crippen MR) is 97.6 cm³/mol. The molecule has 2 aromatic carbocycles. The van der Waals surface area contributed by atoms with Gasteiger partial charge in [0.25, 0.3) is 0 Å². The van der Waals surface area contributed by atoms with E-state index in [4.69, 9.17) is 10.5 Å². The minimum Gasteiger partial charge on any atom is -0.510 e. The number of rotatable bonds is 3. The highest BCUT2D eigenvalue weighted by Crippen LogP contribution is 2.35. The van der Waals surface area contributed by atoms with Gasteiger partial charge in [0.1, 0.15) is 16.6 Å². The highest BCUT2D eigenvalue weighted by atomic mass is 32.1. The maximum atomic E-state index is 11.0. The fourth-order valence-electron chi connectivity index (χ4n) is 2.79. The van der Waals surface area contributed by atoms with Crippen molar-refractivity contribution in [1.29, 1.82) is 5.41 Å². The first-order chi connectivity index (χ1) is 12.0. The molecule has 1 aromatic heterocycles. The van der Waals surface area contributed by atoms with Crippen LogP contribution in [-0.2, 0) is 0 Å². The number of amidine groups is 1. The lowest BCUT2D eigenvalue weighted by Crippen LogP contribution is -2.26. The molecule has 124 valence electrons. The topological polar surface area (TPSA) is 97.5 Å². The van der Waals surface area contributed by atoms with Gasteiger partial charge >= 0.3 is 5.97 Å². The summed E-state index contributed by atoms with van der Waals surface area (Å²) in [6.07, 6.45) is 0. The van der Waals surface area contributed by atoms with Crippen LogP contribution in [0.3, 0.4) is 0 Å². The third-order valence-electron chi connectivity index (χ3n) is 4.04. The second-order valence-corrected chi connectivity index (χ2v) is 6.63. The van der Waals surface area contributed by atoms with Crippen LogP contribution in [0.2, 0.25) is 0 Å². The zero-order valence-corrected chi connectivity index (χ0v) is 13.7. The van der Waals surface area contributed by atoms with Crippen molar-refractivity contribution in [3.8, 4) is 0 Å². The number of hydrogen-bond donors (Lipinski definition) is 3. The van der Waals surface area contributed by atoms with E-state index in [0.717, 1.165) is 10.2 Å². The van der Waals surface area contributed by atoms with Crippen LogP contribution in [0.5, 0.6) is 0 Å². The molecule has 0 saturated heterocycles. The fraction of sp³-hybridized carbons (Fsp3) is 0.0556. The summed E-state index contributed by atoms with van der Waals surface area (Å²) in [5.41, 5.74) is 2.08. The second kappa shape index (κ2) is 5.71. The Labute approximate surface area is 146 Å². The summed E-state index contributed by atoms with van der Waals surface area (Å²) in [7, 11) is 0. The molecule has 0 amide bonds. The Kier molecular flexibility index (Phi) is 3.51. The Morgan fingerprint density at radius 1 is 1.16 bits per heavy atom. The van der Waals surface area contributed by atoms with Crippen LogP contribution >= 0.6 is 11.3 Å². The molecule has 1 aliphatic rings. The Balaban J connectivity index is 1.68. The van der Waals surface area contributed by atoms with Crippen LogP contribution < -0.4 is 4.90 Å². The van der Waals surface area contributed by atoms with E-state index >= 15 is 0 Å². The Bertz CT molecular complexity index is 1000. The first-order valence-corrected chi connectivity index (χ1v) is 8.34. The fourth-order valence-corrected chi connectivity index (χ4v) is 3.82. The molecule has 3 N–H and O–H groups in total. The first-order valence-electron chi connectivity index (χ1n) is 7.52. The van der Waals surface area contributed by atoms with Crippen molar-refractivity contribution in [2.75, 3.05) is 11.4 Å². The zero-order valence-electron chi connectivity index (χ0n) is 12.9. The summed E-state index contributed by atoms with van der Waals surface area (Å²) in [6.45, 7) is 0.163. The van der Waals surface area contributed by atoms with Gasteiger partial charge < -0.3 is 15.1 Å². The number of carboxylic acids is 1. The molecular weight excluding hydrogens is 338 g/mol. The lowest BCUT2D eigenvalue weighted by molar-refractivity contribution is 0.0697. The highest BCUT2D eigenvalue weighted by molar-refractivity contribution is 7.19. The van der Waals surface area contributed by atoms with E-state index in [2.05, 4.69) is 4.98 Å². The van der Waals surface area contributed by atoms with Gasteiger partial charge in [0.2, 0.25) is 0 Å². The summed E-state index contributed by atoms with van der Waals surface area (Å²) < 4.78 is 0.995. The molecule has 7 heteroatoms. The van der Waals surface area contributed by atoms with Gasteiger partial charge in [0.05, 0.1) is 27.9 Å². The van der Waals surface area contributed by atoms with E-state index in [1.807, 2.05) is 24.3 Å². The standard InChI is InChI=1S/C18H13N3O3S/c19-16-15(17-20-12-3-1-2-4-14(12)25-17)13(22)9-21(16)11-7-5-10(6-8-11)18(23)24/h1-8,19,22H,9H2,(H,23,24). The molecule has 1 aliphatic heterocycles. The van der Waals surface area contributed by atoms with Crippen LogP contribution in [0, 0.1) is 5.41 Å². The van der Waals surface area contributed by atoms with Gasteiger partial charge in [0.15, 0.2) is 0 Å². The van der Waals surface area contributed by atoms with Crippen LogP contribution in [0.25, 0.3) is 15.8 Å². The van der Waals surface area contributed by atoms with Gasteiger partial charge in [-0.3, -0.25) is 5.41 Å². The van der Waals surface area contributed by atoms with Gasteiger partial charge in [-0.05, 0) is 36.4 Å². The number of aromatic carboxylic acids is 1. The smallest absolute Gasteiger partial charge is 0.335 e. The van der Waals surface area contributed by atoms with Gasteiger partial charge in [-0.15, -0.1) is 11.3 Å². The number of benzene rings is 2. The first kappa shape index (κ1) is 15.3. The Morgan fingerprint density at radius 3 is 2.56 bits per heavy atom. The summed E-state index contributed by atoms with van der Waals surface area (Å²) in [6, 6.07) is 13.9. The molecule has 2 heterocycles. The van der Waals surface area contributed by atoms with Gasteiger partial charge in [-0.25, -0.2) is 9.78 Å². The minimum atomic E-state index is -1.00. The van der Waals surface area contributed by atoms with Crippen LogP contribution in [0.4, 0.5) is 5.69 Å². The van der Waals surface area contributed by atoms with Crippen molar-refractivity contribution >= 4 is 44.6 Å². The molecule has 0 atom stereocenters. The van der Waals surface area contributed by atoms with Crippen molar-refractivity contribution in [2.24, 2.45) is 0 Å². The van der Waals surface area contributed by atoms with E-state index in [-0.39, 0.29) is 23.7 Å². The quantitative estimate of drug-likeness (QED) is 0.667. The Hall–Kier alpha value is -3.19. The van der Waals surface area contributed by atoms with Crippen molar-refractivity contribution < 1.29 is 15.0 Å². The number of hydrogen-bond acceptors (Lipinski definition) is 5. The normalized spacial score (nSPS) is 14.6. The van der Waals surface area contributed by atoms with Crippen molar-refractivity contribution in [3.63, 3.8) is 0 Å². The third kappa shape index (κ3) is 2.54. The maximum absolute atomic E-state index is 11.0. The molecule has 0 spiro atoms. The number of nitrogens with one attached hydrogen (secondary N) is 1. The predicted octanol–water partition coefficient (Wildman–Crippen LogP) is 3.76. The number of thiazole rings is 1. The lowest BCUT2D eigenvalue weighted by Gasteiger charge is -2.18. The molecule has 4 rings (SSSR count). The summed E-state index contributed by atoms with van der Waals surface area (Å²) in [5, 5.41) is 28.4. The van der Waals surface area contributed by atoms with Gasteiger partial charge in [-0.2, -0.15) is 0 Å². The molecule has 3 aromatic rings. The molecule has 0 saturated carbocycles. The number of aromatic nitrogens is 1. The second-order valence-electron chi connectivity index (χ2n) is 5.60. The number of carboxylic acid groups (broad SMARTS) is 1. The molecule has 0 radical (unpaired) electrons. The van der Waals surface area contributed by atoms with Crippen molar-refractivity contribution in [2.45, 2.75) is 0 Å². The largest absolute Gasteiger partial charge is 0.510 e. The molecule has 6 nitrogen and oxygen atoms in total. The van der Waals surface area contributed by atoms with Crippen LogP contribution in [0.15, 0.2) is 54.3 Å². The van der Waals surface area contributed by atoms with E-state index in [1.165, 1.54) is 23.5 Å². The van der Waals surface area contributed by atoms with E-state index < -0.39 is 5.97 Å². The maximum Gasteiger partial charge on any atom is 0.335 e. The average molecular weight is 351 g/mol. The molecular formula is C18H13N3O3S. The minimum absolute atomic E-state index is 0.0892. The molecule has 0 bridgehead atoms. The van der Waals surface area contributed by atoms with Gasteiger partial charge in [-0.1, -0.05) is 12.1 Å². The number of para-hydroxylation sites is 1. The zero-order chi connectivity index (χ0) is 17.6. The van der Waals surface area contributed by atoms with E-state index in [0.29, 0.717) is 16.3 Å². The number of fused-ring (bicyclic) bond motifs is 1. The third-order valence-corrected chi connectivity index (χ3v) is 5.09. The van der Waals surface area contributed by atoms with Crippen LogP contribution in [-0.4, -0.2) is 33.5 Å². The molecule has 0 fully saturated rings. The summed E-state index contributed by atoms with van der Waals surface area (Å²) in [5.74, 6) is -0.759. The van der Waals surface area contributed by atoms with Crippen molar-refractivity contribution in [3.05, 3.63) is 64.9 Å². The van der Waals surface area contributed by atoms with E-state index in [9.17, 15) is 9.90 Å². The monoisotopic (exact) mass is 351 g/mol. The molecule has 0 aliphatic carbocycles. The molecule has 25 heavy (non-hydrogen) atoms. The summed E-state index contributed by atoms with van der Waals surface area (Å²) in [4.78, 5) is 17.1. The van der Waals surface area contributed by atoms with Crippen molar-refractivity contribution in [1.82, 2.24) is 4.98 Å². The molecule has 0 unspecified atom stereocenters. The SMILES string of the molecule is N=C1C(c2nc3ccccc3s2)=C(O)CN1c1ccc(C(=O)O)cc1. The number of aliphatic hydroxyl groups is 1. The highest BCUT2D eigenvalue weighted by Gasteiger charge is 2.31. The van der Waals surface area contributed by atoms with E-state index in [1.54, 1.807) is 17.0 Å². The average Bonchev–Trinajstić information content (AvgIpc) is 3.15. The van der Waals surface area contributed by atoms with Gasteiger partial charge in [0, 0.05) is 5.69 Å².